The second kappa shape index (κ2) is 6.25. The van der Waals surface area contributed by atoms with Crippen molar-refractivity contribution in [2.45, 2.75) is 12.5 Å². The number of hydrogen-bond donors (Lipinski definition) is 2. The van der Waals surface area contributed by atoms with Crippen LogP contribution in [0.3, 0.4) is 0 Å². The predicted octanol–water partition coefficient (Wildman–Crippen LogP) is -9.36. The number of nitrogens with one attached hydrogen (secondary N) is 1. The minimum Gasteiger partial charge on any atom is -1.00 e. The molecule has 2 aliphatic heterocycles. The van der Waals surface area contributed by atoms with Gasteiger partial charge in [-0.1, -0.05) is 0 Å². The molecule has 0 radical (unpaired) electrons. The van der Waals surface area contributed by atoms with Crippen molar-refractivity contribution in [3.05, 3.63) is 0 Å². The lowest BCUT2D eigenvalue weighted by molar-refractivity contribution is -0.964. The molecule has 0 aromatic carbocycles. The summed E-state index contributed by atoms with van der Waals surface area (Å²) in [5.41, 5.74) is 0. The predicted molar refractivity (Wildman–Crippen MR) is 49.4 cm³/mol. The number of hydrogen-bond acceptors (Lipinski definition) is 2. The number of nitrogens with two attached hydrogens (primary N) is 1. The van der Waals surface area contributed by atoms with Gasteiger partial charge in [0.15, 0.2) is 9.84 Å². The van der Waals surface area contributed by atoms with E-state index in [0.717, 1.165) is 32.6 Å². The molecule has 0 amide bonds. The molecule has 15 heavy (non-hydrogen) atoms. The zero-order valence-electron chi connectivity index (χ0n) is 8.59. The standard InChI is InChI=1S/C8H16N2O2S.2ClH/c11-13(12)6-1-8(7-13)10-4-2-9-3-5-10;;/h8-9H,1-7H2;2*1H. The smallest absolute Gasteiger partial charge is 0.156 e. The second-order valence-corrected chi connectivity index (χ2v) is 6.35. The van der Waals surface area contributed by atoms with Crippen molar-refractivity contribution in [3.8, 4) is 0 Å². The second-order valence-electron chi connectivity index (χ2n) is 4.12. The molecule has 0 aromatic heterocycles. The molecule has 2 heterocycles. The minimum absolute atomic E-state index is 0. The van der Waals surface area contributed by atoms with Crippen molar-refractivity contribution in [2.75, 3.05) is 37.7 Å². The van der Waals surface area contributed by atoms with Crippen molar-refractivity contribution >= 4 is 9.84 Å². The molecular formula is C8H18Cl2N2O2S. The Labute approximate surface area is 104 Å². The molecule has 7 heteroatoms. The van der Waals surface area contributed by atoms with Gasteiger partial charge >= 0.3 is 0 Å². The van der Waals surface area contributed by atoms with Crippen LogP contribution in [0.15, 0.2) is 0 Å². The maximum absolute atomic E-state index is 11.3. The summed E-state index contributed by atoms with van der Waals surface area (Å²) in [6.07, 6.45) is 0.887. The first-order chi connectivity index (χ1) is 6.17. The van der Waals surface area contributed by atoms with Crippen molar-refractivity contribution in [2.24, 2.45) is 0 Å². The van der Waals surface area contributed by atoms with Crippen LogP contribution in [0.2, 0.25) is 0 Å². The number of rotatable bonds is 1. The van der Waals surface area contributed by atoms with Gasteiger partial charge in [-0.15, -0.1) is 0 Å². The van der Waals surface area contributed by atoms with Gasteiger partial charge < -0.3 is 35.0 Å². The molecule has 3 N–H and O–H groups in total. The van der Waals surface area contributed by atoms with Crippen LogP contribution in [-0.2, 0) is 9.84 Å². The zero-order chi connectivity index (χ0) is 9.31. The summed E-state index contributed by atoms with van der Waals surface area (Å²) < 4.78 is 22.5. The van der Waals surface area contributed by atoms with Gasteiger partial charge in [-0.3, -0.25) is 0 Å². The lowest BCUT2D eigenvalue weighted by Crippen LogP contribution is -3.23. The summed E-state index contributed by atoms with van der Waals surface area (Å²) in [4.78, 5) is 1.52. The van der Waals surface area contributed by atoms with Gasteiger partial charge in [0.05, 0.1) is 5.75 Å². The molecule has 2 rings (SSSR count). The molecule has 2 aliphatic rings. The van der Waals surface area contributed by atoms with Gasteiger partial charge in [-0.2, -0.15) is 0 Å². The Bertz CT molecular complexity index is 278. The average molecular weight is 277 g/mol. The van der Waals surface area contributed by atoms with E-state index in [1.165, 1.54) is 4.90 Å². The van der Waals surface area contributed by atoms with Crippen LogP contribution < -0.4 is 35.0 Å². The fourth-order valence-corrected chi connectivity index (χ4v) is 4.20. The lowest BCUT2D eigenvalue weighted by atomic mass is 10.2. The molecule has 1 unspecified atom stereocenters. The van der Waals surface area contributed by atoms with E-state index in [2.05, 4.69) is 5.32 Å². The van der Waals surface area contributed by atoms with Gasteiger partial charge in [-0.05, 0) is 0 Å². The van der Waals surface area contributed by atoms with E-state index < -0.39 is 9.84 Å². The summed E-state index contributed by atoms with van der Waals surface area (Å²) in [6.45, 7) is 4.60. The minimum atomic E-state index is -2.68. The van der Waals surface area contributed by atoms with E-state index in [1.54, 1.807) is 0 Å². The lowest BCUT2D eigenvalue weighted by Gasteiger charge is -2.26. The highest BCUT2D eigenvalue weighted by Gasteiger charge is 2.36. The first-order valence-corrected chi connectivity index (χ1v) is 6.86. The molecule has 0 spiro atoms. The van der Waals surface area contributed by atoms with Crippen LogP contribution in [0.1, 0.15) is 6.42 Å². The monoisotopic (exact) mass is 276 g/mol. The Kier molecular flexibility index (Phi) is 6.44. The maximum Gasteiger partial charge on any atom is 0.156 e. The van der Waals surface area contributed by atoms with Gasteiger partial charge in [-0.25, -0.2) is 8.42 Å². The van der Waals surface area contributed by atoms with Gasteiger partial charge in [0, 0.05) is 6.42 Å². The molecular weight excluding hydrogens is 259 g/mol. The Balaban J connectivity index is 0.000000980. The Morgan fingerprint density at radius 3 is 2.20 bits per heavy atom. The highest BCUT2D eigenvalue weighted by molar-refractivity contribution is 7.91. The Morgan fingerprint density at radius 1 is 1.13 bits per heavy atom. The molecule has 1 atom stereocenters. The zero-order valence-corrected chi connectivity index (χ0v) is 10.9. The normalized spacial score (nSPS) is 30.3. The molecule has 0 aliphatic carbocycles. The summed E-state index contributed by atoms with van der Waals surface area (Å²) >= 11 is 0. The Morgan fingerprint density at radius 2 is 1.73 bits per heavy atom. The highest BCUT2D eigenvalue weighted by Crippen LogP contribution is 2.08. The Hall–Kier alpha value is 0.450. The SMILES string of the molecule is O=S1(=O)CCC([NH+]2CC[NH2+]CC2)C1.[Cl-].[Cl-]. The van der Waals surface area contributed by atoms with E-state index in [-0.39, 0.29) is 24.8 Å². The topological polar surface area (TPSA) is 55.2 Å². The van der Waals surface area contributed by atoms with Crippen molar-refractivity contribution in [1.82, 2.24) is 0 Å². The van der Waals surface area contributed by atoms with Crippen LogP contribution in [0.4, 0.5) is 0 Å². The largest absolute Gasteiger partial charge is 1.00 e. The van der Waals surface area contributed by atoms with E-state index in [9.17, 15) is 8.42 Å². The van der Waals surface area contributed by atoms with Crippen LogP contribution in [0.5, 0.6) is 0 Å². The average Bonchev–Trinajstić information content (AvgIpc) is 2.48. The van der Waals surface area contributed by atoms with Crippen LogP contribution in [0, 0.1) is 0 Å². The summed E-state index contributed by atoms with van der Waals surface area (Å²) in [6, 6.07) is 0.402. The fourth-order valence-electron chi connectivity index (χ4n) is 2.37. The van der Waals surface area contributed by atoms with E-state index >= 15 is 0 Å². The van der Waals surface area contributed by atoms with E-state index in [1.807, 2.05) is 0 Å². The van der Waals surface area contributed by atoms with Crippen molar-refractivity contribution < 1.29 is 43.4 Å². The fraction of sp³-hybridized carbons (Fsp3) is 1.00. The third-order valence-electron chi connectivity index (χ3n) is 3.15. The van der Waals surface area contributed by atoms with Crippen LogP contribution in [0.25, 0.3) is 0 Å². The summed E-state index contributed by atoms with van der Waals surface area (Å²) in [7, 11) is -2.68. The molecule has 4 nitrogen and oxygen atoms in total. The third kappa shape index (κ3) is 4.07. The number of piperazine rings is 1. The van der Waals surface area contributed by atoms with Gasteiger partial charge in [0.1, 0.15) is 38.0 Å². The maximum atomic E-state index is 11.3. The number of halogens is 2. The molecule has 2 fully saturated rings. The molecule has 0 bridgehead atoms. The van der Waals surface area contributed by atoms with Crippen LogP contribution >= 0.6 is 0 Å². The van der Waals surface area contributed by atoms with Crippen molar-refractivity contribution in [3.63, 3.8) is 0 Å². The highest BCUT2D eigenvalue weighted by atomic mass is 35.5. The molecule has 2 saturated heterocycles. The van der Waals surface area contributed by atoms with E-state index in [0.29, 0.717) is 17.5 Å². The number of sulfone groups is 1. The number of quaternary nitrogens is 2. The molecule has 0 aromatic rings. The first-order valence-electron chi connectivity index (χ1n) is 5.04. The quantitative estimate of drug-likeness (QED) is 0.500. The van der Waals surface area contributed by atoms with Gasteiger partial charge in [0.25, 0.3) is 0 Å². The summed E-state index contributed by atoms with van der Waals surface area (Å²) in [5, 5.41) is 2.31. The van der Waals surface area contributed by atoms with Gasteiger partial charge in [0.2, 0.25) is 0 Å². The van der Waals surface area contributed by atoms with Crippen molar-refractivity contribution in [1.29, 1.82) is 0 Å². The first kappa shape index (κ1) is 15.4. The third-order valence-corrected chi connectivity index (χ3v) is 4.92. The molecule has 0 saturated carbocycles. The summed E-state index contributed by atoms with van der Waals surface area (Å²) in [5.74, 6) is 0.854. The van der Waals surface area contributed by atoms with Crippen LogP contribution in [-0.4, -0.2) is 52.1 Å². The molecule has 92 valence electrons. The van der Waals surface area contributed by atoms with E-state index in [4.69, 9.17) is 0 Å².